The summed E-state index contributed by atoms with van der Waals surface area (Å²) in [7, 11) is 0. The van der Waals surface area contributed by atoms with Crippen LogP contribution in [0.5, 0.6) is 5.75 Å². The topological polar surface area (TPSA) is 99.0 Å². The lowest BCUT2D eigenvalue weighted by Gasteiger charge is -2.38. The van der Waals surface area contributed by atoms with Gasteiger partial charge in [0.05, 0.1) is 47.8 Å². The number of rotatable bonds is 15. The van der Waals surface area contributed by atoms with Crippen LogP contribution < -0.4 is 14.5 Å². The molecule has 0 aliphatic heterocycles. The van der Waals surface area contributed by atoms with Gasteiger partial charge in [0.2, 0.25) is 5.95 Å². The first-order chi connectivity index (χ1) is 25.2. The maximum Gasteiger partial charge on any atom is 0.416 e. The van der Waals surface area contributed by atoms with Crippen molar-refractivity contribution >= 4 is 29.4 Å². The number of alkyl halides is 9. The number of carboxylic acid groups (broad SMARTS) is 1. The van der Waals surface area contributed by atoms with E-state index in [0.29, 0.717) is 30.7 Å². The first-order valence-electron chi connectivity index (χ1n) is 17.1. The summed E-state index contributed by atoms with van der Waals surface area (Å²) >= 11 is 1.50. The molecule has 1 aliphatic carbocycles. The van der Waals surface area contributed by atoms with Gasteiger partial charge < -0.3 is 24.7 Å². The van der Waals surface area contributed by atoms with Gasteiger partial charge in [-0.25, -0.2) is 9.97 Å². The third kappa shape index (κ3) is 11.3. The number of hydrogen-bond acceptors (Lipinski definition) is 8. The lowest BCUT2D eigenvalue weighted by molar-refractivity contribution is -0.143. The summed E-state index contributed by atoms with van der Waals surface area (Å²) in [4.78, 5) is 22.7. The molecule has 2 aromatic carbocycles. The van der Waals surface area contributed by atoms with E-state index in [1.165, 1.54) is 42.0 Å². The molecule has 0 unspecified atom stereocenters. The Bertz CT molecular complexity index is 1680. The van der Waals surface area contributed by atoms with Crippen molar-refractivity contribution in [3.8, 4) is 5.75 Å². The molecule has 1 heterocycles. The third-order valence-corrected chi connectivity index (χ3v) is 10.0. The summed E-state index contributed by atoms with van der Waals surface area (Å²) in [6.45, 7) is 3.26. The van der Waals surface area contributed by atoms with E-state index >= 15 is 0 Å². The first kappa shape index (κ1) is 42.8. The second kappa shape index (κ2) is 17.7. The average Bonchev–Trinajstić information content (AvgIpc) is 3.09. The smallest absolute Gasteiger partial charge is 0.416 e. The molecule has 2 N–H and O–H groups in total. The number of nitrogens with zero attached hydrogens (tertiary/aromatic N) is 4. The second-order valence-corrected chi connectivity index (χ2v) is 14.2. The number of anilines is 2. The number of benzene rings is 2. The monoisotopic (exact) mass is 796 g/mol. The molecule has 1 saturated carbocycles. The van der Waals surface area contributed by atoms with Crippen LogP contribution in [0.3, 0.4) is 0 Å². The molecule has 3 aromatic rings. The van der Waals surface area contributed by atoms with Crippen molar-refractivity contribution in [3.63, 3.8) is 0 Å². The van der Waals surface area contributed by atoms with Crippen molar-refractivity contribution in [1.82, 2.24) is 9.97 Å². The Morgan fingerprint density at radius 3 is 2.07 bits per heavy atom. The van der Waals surface area contributed by atoms with Crippen LogP contribution in [-0.2, 0) is 29.9 Å². The van der Waals surface area contributed by atoms with Crippen LogP contribution >= 0.6 is 11.8 Å². The highest BCUT2D eigenvalue weighted by atomic mass is 32.2. The van der Waals surface area contributed by atoms with Gasteiger partial charge in [-0.05, 0) is 92.8 Å². The first-order valence-corrected chi connectivity index (χ1v) is 18.4. The number of ether oxygens (including phenoxy) is 1. The van der Waals surface area contributed by atoms with E-state index in [1.54, 1.807) is 11.8 Å². The number of aromatic nitrogens is 2. The van der Waals surface area contributed by atoms with Crippen LogP contribution in [0.4, 0.5) is 51.1 Å². The van der Waals surface area contributed by atoms with Gasteiger partial charge in [-0.2, -0.15) is 51.3 Å². The summed E-state index contributed by atoms with van der Waals surface area (Å²) in [5, 5.41) is 20.1. The number of aliphatic hydroxyl groups excluding tert-OH is 1. The van der Waals surface area contributed by atoms with Gasteiger partial charge in [-0.3, -0.25) is 4.79 Å². The van der Waals surface area contributed by atoms with Crippen LogP contribution in [0.15, 0.2) is 48.8 Å². The zero-order valence-corrected chi connectivity index (χ0v) is 30.4. The fourth-order valence-corrected chi connectivity index (χ4v) is 6.81. The number of carbonyl (C=O) groups is 1. The largest absolute Gasteiger partial charge is 0.489 e. The lowest BCUT2D eigenvalue weighted by Crippen LogP contribution is -2.40. The maximum absolute atomic E-state index is 14.1. The molecule has 18 heteroatoms. The molecular weight excluding hydrogens is 755 g/mol. The third-order valence-electron chi connectivity index (χ3n) is 9.44. The average molecular weight is 797 g/mol. The Balaban J connectivity index is 1.81. The number of halogens is 9. The molecule has 54 heavy (non-hydrogen) atoms. The molecule has 1 aromatic heterocycles. The summed E-state index contributed by atoms with van der Waals surface area (Å²) in [5.74, 6) is -0.966. The number of aliphatic carboxylic acids is 1. The normalized spacial score (nSPS) is 18.6. The zero-order valence-electron chi connectivity index (χ0n) is 29.6. The standard InChI is InChI=1S/C36H41F9N4O4S/c1-4-48(19-23-6-5-22(11-31(23)50)12-32(51)52)30-8-7-26(34(37,38)39)15-25(30)20-49(33-46-17-29(18-47-33)53-9-10-54-3)21(2)24-13-27(35(40,41)42)16-28(14-24)36(43,44)45/h7-8,13-18,21-23,31,50H,4-6,9-12,19-20H2,1-3H3,(H,51,52)/t21-,22-,23+,31+/m0/s1. The van der Waals surface area contributed by atoms with E-state index in [2.05, 4.69) is 9.97 Å². The number of carboxylic acids is 1. The van der Waals surface area contributed by atoms with Crippen molar-refractivity contribution in [2.24, 2.45) is 11.8 Å². The molecule has 0 spiro atoms. The highest BCUT2D eigenvalue weighted by Crippen LogP contribution is 2.41. The summed E-state index contributed by atoms with van der Waals surface area (Å²) in [6, 6.07) is 2.73. The molecule has 0 amide bonds. The van der Waals surface area contributed by atoms with Crippen molar-refractivity contribution < 1.29 is 59.3 Å². The molecule has 0 bridgehead atoms. The number of aliphatic hydroxyl groups is 1. The Morgan fingerprint density at radius 2 is 1.56 bits per heavy atom. The van der Waals surface area contributed by atoms with Crippen molar-refractivity contribution in [3.05, 3.63) is 76.6 Å². The van der Waals surface area contributed by atoms with Gasteiger partial charge in [0.1, 0.15) is 0 Å². The van der Waals surface area contributed by atoms with E-state index in [0.717, 1.165) is 12.1 Å². The minimum absolute atomic E-state index is 0.00855. The predicted molar refractivity (Wildman–Crippen MR) is 185 cm³/mol. The fraction of sp³-hybridized carbons (Fsp3) is 0.528. The summed E-state index contributed by atoms with van der Waals surface area (Å²) < 4.78 is 131. The van der Waals surface area contributed by atoms with Gasteiger partial charge in [0.15, 0.2) is 5.75 Å². The molecule has 8 nitrogen and oxygen atoms in total. The SMILES string of the molecule is CCN(C[C@H]1CC[C@H](CC(=O)O)C[C@H]1O)c1ccc(C(F)(F)F)cc1CN(c1ncc(OCCSC)cn1)[C@@H](C)c1cc(C(F)(F)F)cc(C(F)(F)F)c1. The van der Waals surface area contributed by atoms with Gasteiger partial charge in [-0.15, -0.1) is 0 Å². The van der Waals surface area contributed by atoms with E-state index in [1.807, 2.05) is 6.26 Å². The van der Waals surface area contributed by atoms with E-state index in [4.69, 9.17) is 4.74 Å². The number of hydrogen-bond donors (Lipinski definition) is 2. The Labute approximate surface area is 310 Å². The molecule has 4 rings (SSSR count). The maximum atomic E-state index is 14.1. The van der Waals surface area contributed by atoms with Crippen molar-refractivity contribution in [2.45, 2.75) is 76.8 Å². The zero-order chi connectivity index (χ0) is 40.0. The van der Waals surface area contributed by atoms with Gasteiger partial charge in [0, 0.05) is 43.4 Å². The molecule has 1 fully saturated rings. The van der Waals surface area contributed by atoms with Gasteiger partial charge in [0.25, 0.3) is 0 Å². The minimum atomic E-state index is -5.15. The Hall–Kier alpha value is -3.93. The predicted octanol–water partition coefficient (Wildman–Crippen LogP) is 9.12. The Kier molecular flexibility index (Phi) is 14.0. The van der Waals surface area contributed by atoms with Crippen molar-refractivity contribution in [1.29, 1.82) is 0 Å². The van der Waals surface area contributed by atoms with Crippen molar-refractivity contribution in [2.75, 3.05) is 41.5 Å². The molecule has 1 aliphatic rings. The second-order valence-electron chi connectivity index (χ2n) is 13.2. The Morgan fingerprint density at radius 1 is 0.944 bits per heavy atom. The van der Waals surface area contributed by atoms with Crippen LogP contribution in [0, 0.1) is 11.8 Å². The van der Waals surface area contributed by atoms with Crippen LogP contribution in [-0.4, -0.2) is 64.0 Å². The molecule has 0 saturated heterocycles. The molecular formula is C36H41F9N4O4S. The van der Waals surface area contributed by atoms with Crippen LogP contribution in [0.2, 0.25) is 0 Å². The highest BCUT2D eigenvalue weighted by Gasteiger charge is 2.39. The fourth-order valence-electron chi connectivity index (χ4n) is 6.56. The van der Waals surface area contributed by atoms with E-state index in [-0.39, 0.29) is 73.4 Å². The van der Waals surface area contributed by atoms with E-state index in [9.17, 15) is 54.5 Å². The number of thioether (sulfide) groups is 1. The van der Waals surface area contributed by atoms with Gasteiger partial charge in [-0.1, -0.05) is 0 Å². The molecule has 0 radical (unpaired) electrons. The molecule has 298 valence electrons. The lowest BCUT2D eigenvalue weighted by atomic mass is 9.78. The van der Waals surface area contributed by atoms with Crippen LogP contribution in [0.25, 0.3) is 0 Å². The van der Waals surface area contributed by atoms with Crippen LogP contribution in [0.1, 0.15) is 73.4 Å². The minimum Gasteiger partial charge on any atom is -0.489 e. The summed E-state index contributed by atoms with van der Waals surface area (Å²) in [6.07, 6.45) is -10.6. The summed E-state index contributed by atoms with van der Waals surface area (Å²) in [5.41, 5.74) is -4.32. The molecule has 4 atom stereocenters. The highest BCUT2D eigenvalue weighted by molar-refractivity contribution is 7.98. The van der Waals surface area contributed by atoms with E-state index < -0.39 is 65.4 Å². The quantitative estimate of drug-likeness (QED) is 0.115. The van der Waals surface area contributed by atoms with Gasteiger partial charge >= 0.3 is 24.5 Å².